The maximum atomic E-state index is 12.3. The van der Waals surface area contributed by atoms with Crippen molar-refractivity contribution in [1.29, 1.82) is 0 Å². The van der Waals surface area contributed by atoms with E-state index in [-0.39, 0.29) is 11.6 Å². The number of nitrogens with zero attached hydrogens (tertiary/aromatic N) is 1. The van der Waals surface area contributed by atoms with E-state index in [4.69, 9.17) is 21.1 Å². The molecule has 0 spiro atoms. The Bertz CT molecular complexity index is 767. The summed E-state index contributed by atoms with van der Waals surface area (Å²) < 4.78 is 9.93. The fourth-order valence-corrected chi connectivity index (χ4v) is 2.26. The lowest BCUT2D eigenvalue weighted by Gasteiger charge is -2.09. The van der Waals surface area contributed by atoms with Crippen molar-refractivity contribution in [3.8, 4) is 5.75 Å². The number of carbonyl (C=O) groups excluding carboxylic acids is 2. The Morgan fingerprint density at radius 2 is 1.96 bits per heavy atom. The van der Waals surface area contributed by atoms with Gasteiger partial charge in [0.05, 0.1) is 18.7 Å². The van der Waals surface area contributed by atoms with Gasteiger partial charge < -0.3 is 20.1 Å². The SMILES string of the molecule is COCCNC(=O)c1ccnc(C(=O)Nc2ccc(OC)c(Cl)c2)c1. The lowest BCUT2D eigenvalue weighted by Crippen LogP contribution is -2.27. The molecule has 0 radical (unpaired) electrons. The summed E-state index contributed by atoms with van der Waals surface area (Å²) in [7, 11) is 3.05. The quantitative estimate of drug-likeness (QED) is 0.737. The van der Waals surface area contributed by atoms with Crippen LogP contribution in [0.3, 0.4) is 0 Å². The Kier molecular flexibility index (Phi) is 6.73. The molecule has 132 valence electrons. The van der Waals surface area contributed by atoms with Crippen LogP contribution in [0.25, 0.3) is 0 Å². The van der Waals surface area contributed by atoms with Crippen LogP contribution in [0.5, 0.6) is 5.75 Å². The van der Waals surface area contributed by atoms with Crippen molar-refractivity contribution < 1.29 is 19.1 Å². The first-order valence-electron chi connectivity index (χ1n) is 7.43. The lowest BCUT2D eigenvalue weighted by atomic mass is 10.2. The van der Waals surface area contributed by atoms with E-state index in [1.807, 2.05) is 0 Å². The first-order valence-corrected chi connectivity index (χ1v) is 7.81. The second kappa shape index (κ2) is 9.00. The number of pyridine rings is 1. The van der Waals surface area contributed by atoms with Gasteiger partial charge in [-0.25, -0.2) is 0 Å². The van der Waals surface area contributed by atoms with Crippen LogP contribution in [0.1, 0.15) is 20.8 Å². The highest BCUT2D eigenvalue weighted by atomic mass is 35.5. The second-order valence-corrected chi connectivity index (χ2v) is 5.39. The number of amides is 2. The Hall–Kier alpha value is -2.64. The molecular formula is C17H18ClN3O4. The molecule has 0 atom stereocenters. The molecule has 1 heterocycles. The van der Waals surface area contributed by atoms with Gasteiger partial charge in [0.1, 0.15) is 11.4 Å². The summed E-state index contributed by atoms with van der Waals surface area (Å²) in [6, 6.07) is 7.82. The molecule has 25 heavy (non-hydrogen) atoms. The zero-order valence-corrected chi connectivity index (χ0v) is 14.6. The molecule has 7 nitrogen and oxygen atoms in total. The largest absolute Gasteiger partial charge is 0.495 e. The van der Waals surface area contributed by atoms with Crippen molar-refractivity contribution in [2.45, 2.75) is 0 Å². The number of aromatic nitrogens is 1. The maximum absolute atomic E-state index is 12.3. The van der Waals surface area contributed by atoms with Gasteiger partial charge in [-0.05, 0) is 30.3 Å². The normalized spacial score (nSPS) is 10.2. The molecule has 8 heteroatoms. The van der Waals surface area contributed by atoms with Crippen LogP contribution in [0.15, 0.2) is 36.5 Å². The summed E-state index contributed by atoms with van der Waals surface area (Å²) in [6.07, 6.45) is 1.40. The van der Waals surface area contributed by atoms with Crippen LogP contribution in [-0.2, 0) is 4.74 Å². The highest BCUT2D eigenvalue weighted by Gasteiger charge is 2.13. The number of hydrogen-bond acceptors (Lipinski definition) is 5. The predicted octanol–water partition coefficient (Wildman–Crippen LogP) is 2.37. The van der Waals surface area contributed by atoms with Crippen LogP contribution in [0, 0.1) is 0 Å². The van der Waals surface area contributed by atoms with Crippen molar-refractivity contribution in [1.82, 2.24) is 10.3 Å². The van der Waals surface area contributed by atoms with Gasteiger partial charge in [0.15, 0.2) is 0 Å². The third kappa shape index (κ3) is 5.17. The number of anilines is 1. The van der Waals surface area contributed by atoms with E-state index in [0.717, 1.165) is 0 Å². The van der Waals surface area contributed by atoms with E-state index in [2.05, 4.69) is 15.6 Å². The molecule has 0 bridgehead atoms. The monoisotopic (exact) mass is 363 g/mol. The highest BCUT2D eigenvalue weighted by molar-refractivity contribution is 6.32. The fourth-order valence-electron chi connectivity index (χ4n) is 2.00. The summed E-state index contributed by atoms with van der Waals surface area (Å²) in [5.74, 6) is -0.249. The van der Waals surface area contributed by atoms with Crippen molar-refractivity contribution in [2.75, 3.05) is 32.7 Å². The van der Waals surface area contributed by atoms with E-state index >= 15 is 0 Å². The van der Waals surface area contributed by atoms with Crippen LogP contribution in [0.2, 0.25) is 5.02 Å². The van der Waals surface area contributed by atoms with Gasteiger partial charge in [0, 0.05) is 31.1 Å². The summed E-state index contributed by atoms with van der Waals surface area (Å²) in [5, 5.41) is 5.73. The summed E-state index contributed by atoms with van der Waals surface area (Å²) in [5.41, 5.74) is 0.947. The summed E-state index contributed by atoms with van der Waals surface area (Å²) >= 11 is 6.03. The van der Waals surface area contributed by atoms with Gasteiger partial charge in [-0.3, -0.25) is 14.6 Å². The molecule has 0 saturated carbocycles. The first kappa shape index (κ1) is 18.7. The number of nitrogens with one attached hydrogen (secondary N) is 2. The molecule has 2 rings (SSSR count). The van der Waals surface area contributed by atoms with Gasteiger partial charge in [0.25, 0.3) is 11.8 Å². The summed E-state index contributed by atoms with van der Waals surface area (Å²) in [4.78, 5) is 28.3. The molecule has 0 unspecified atom stereocenters. The average molecular weight is 364 g/mol. The lowest BCUT2D eigenvalue weighted by molar-refractivity contribution is 0.0937. The zero-order chi connectivity index (χ0) is 18.2. The van der Waals surface area contributed by atoms with E-state index in [1.54, 1.807) is 25.3 Å². The number of methoxy groups -OCH3 is 2. The smallest absolute Gasteiger partial charge is 0.274 e. The number of carbonyl (C=O) groups is 2. The molecule has 0 aliphatic carbocycles. The minimum absolute atomic E-state index is 0.117. The molecule has 0 saturated heterocycles. The molecule has 1 aromatic heterocycles. The minimum Gasteiger partial charge on any atom is -0.495 e. The van der Waals surface area contributed by atoms with Crippen LogP contribution in [-0.4, -0.2) is 44.2 Å². The number of hydrogen-bond donors (Lipinski definition) is 2. The molecule has 2 amide bonds. The van der Waals surface area contributed by atoms with Gasteiger partial charge in [-0.1, -0.05) is 11.6 Å². The van der Waals surface area contributed by atoms with Crippen molar-refractivity contribution in [3.63, 3.8) is 0 Å². The Morgan fingerprint density at radius 1 is 1.16 bits per heavy atom. The first-order chi connectivity index (χ1) is 12.0. The van der Waals surface area contributed by atoms with Gasteiger partial charge in [-0.15, -0.1) is 0 Å². The van der Waals surface area contributed by atoms with Gasteiger partial charge in [-0.2, -0.15) is 0 Å². The topological polar surface area (TPSA) is 89.5 Å². The van der Waals surface area contributed by atoms with Crippen LogP contribution >= 0.6 is 11.6 Å². The maximum Gasteiger partial charge on any atom is 0.274 e. The molecular weight excluding hydrogens is 346 g/mol. The molecule has 2 N–H and O–H groups in total. The number of halogens is 1. The fraction of sp³-hybridized carbons (Fsp3) is 0.235. The minimum atomic E-state index is -0.451. The number of rotatable bonds is 7. The Balaban J connectivity index is 2.08. The molecule has 1 aromatic carbocycles. The van der Waals surface area contributed by atoms with E-state index in [9.17, 15) is 9.59 Å². The van der Waals surface area contributed by atoms with E-state index < -0.39 is 5.91 Å². The molecule has 2 aromatic rings. The third-order valence-electron chi connectivity index (χ3n) is 3.26. The van der Waals surface area contributed by atoms with Crippen molar-refractivity contribution >= 4 is 29.1 Å². The summed E-state index contributed by atoms with van der Waals surface area (Å²) in [6.45, 7) is 0.784. The molecule has 0 aliphatic heterocycles. The van der Waals surface area contributed by atoms with Crippen molar-refractivity contribution in [3.05, 3.63) is 52.8 Å². The Labute approximate surface area is 150 Å². The van der Waals surface area contributed by atoms with E-state index in [1.165, 1.54) is 25.4 Å². The predicted molar refractivity (Wildman–Crippen MR) is 94.4 cm³/mol. The van der Waals surface area contributed by atoms with E-state index in [0.29, 0.717) is 35.2 Å². The number of benzene rings is 1. The zero-order valence-electron chi connectivity index (χ0n) is 13.8. The molecule has 0 fully saturated rings. The van der Waals surface area contributed by atoms with Crippen LogP contribution in [0.4, 0.5) is 5.69 Å². The highest BCUT2D eigenvalue weighted by Crippen LogP contribution is 2.27. The van der Waals surface area contributed by atoms with Gasteiger partial charge in [0.2, 0.25) is 0 Å². The average Bonchev–Trinajstić information content (AvgIpc) is 2.62. The van der Waals surface area contributed by atoms with Crippen LogP contribution < -0.4 is 15.4 Å². The third-order valence-corrected chi connectivity index (χ3v) is 3.55. The Morgan fingerprint density at radius 3 is 2.64 bits per heavy atom. The number of ether oxygens (including phenoxy) is 2. The van der Waals surface area contributed by atoms with Crippen molar-refractivity contribution in [2.24, 2.45) is 0 Å². The van der Waals surface area contributed by atoms with Gasteiger partial charge >= 0.3 is 0 Å². The molecule has 0 aliphatic rings. The standard InChI is InChI=1S/C17H18ClN3O4/c1-24-8-7-20-16(22)11-5-6-19-14(9-11)17(23)21-12-3-4-15(25-2)13(18)10-12/h3-6,9-10H,7-8H2,1-2H3,(H,20,22)(H,21,23). The second-order valence-electron chi connectivity index (χ2n) is 4.98.